The molecule has 3 rings (SSSR count). The molecular formula is C15H13F3N2O. The lowest BCUT2D eigenvalue weighted by molar-refractivity contribution is 0.357. The van der Waals surface area contributed by atoms with Crippen LogP contribution in [0.2, 0.25) is 0 Å². The lowest BCUT2D eigenvalue weighted by Crippen LogP contribution is -2.29. The molecule has 0 aliphatic carbocycles. The molecule has 1 aliphatic heterocycles. The maximum Gasteiger partial charge on any atom is 0.194 e. The highest BCUT2D eigenvalue weighted by Crippen LogP contribution is 2.31. The zero-order valence-electron chi connectivity index (χ0n) is 11.0. The van der Waals surface area contributed by atoms with Crippen LogP contribution in [0.5, 0.6) is 5.75 Å². The van der Waals surface area contributed by atoms with E-state index in [0.29, 0.717) is 6.61 Å². The summed E-state index contributed by atoms with van der Waals surface area (Å²) in [5.41, 5.74) is 4.46. The Labute approximate surface area is 119 Å². The van der Waals surface area contributed by atoms with Gasteiger partial charge in [0.1, 0.15) is 5.75 Å². The van der Waals surface area contributed by atoms with E-state index in [-0.39, 0.29) is 5.56 Å². The van der Waals surface area contributed by atoms with Crippen molar-refractivity contribution in [2.24, 2.45) is 5.84 Å². The van der Waals surface area contributed by atoms with E-state index in [1.54, 1.807) is 12.1 Å². The topological polar surface area (TPSA) is 47.3 Å². The van der Waals surface area contributed by atoms with Gasteiger partial charge in [-0.05, 0) is 34.9 Å². The normalized spacial score (nSPS) is 14.7. The summed E-state index contributed by atoms with van der Waals surface area (Å²) in [5.74, 6) is 2.33. The first-order chi connectivity index (χ1) is 10.1. The van der Waals surface area contributed by atoms with Crippen molar-refractivity contribution in [2.45, 2.75) is 12.5 Å². The van der Waals surface area contributed by atoms with Gasteiger partial charge in [0.05, 0.1) is 12.6 Å². The van der Waals surface area contributed by atoms with E-state index in [1.807, 2.05) is 6.07 Å². The number of hydrazine groups is 1. The highest BCUT2D eigenvalue weighted by molar-refractivity contribution is 5.43. The Bertz CT molecular complexity index is 668. The fraction of sp³-hybridized carbons (Fsp3) is 0.200. The molecule has 0 aromatic heterocycles. The molecule has 1 aliphatic rings. The van der Waals surface area contributed by atoms with E-state index in [2.05, 4.69) is 5.43 Å². The minimum Gasteiger partial charge on any atom is -0.493 e. The molecule has 0 radical (unpaired) electrons. The first-order valence-corrected chi connectivity index (χ1v) is 6.46. The van der Waals surface area contributed by atoms with E-state index in [1.165, 1.54) is 0 Å². The van der Waals surface area contributed by atoms with E-state index >= 15 is 0 Å². The standard InChI is InChI=1S/C15H13F3N2O/c16-11-6-10(7-12(17)14(11)18)15(20-19)9-1-2-13-8(5-9)3-4-21-13/h1-2,5-7,15,20H,3-4,19H2. The minimum atomic E-state index is -1.49. The third-order valence-electron chi connectivity index (χ3n) is 3.55. The van der Waals surface area contributed by atoms with Crippen LogP contribution in [-0.4, -0.2) is 6.61 Å². The fourth-order valence-corrected chi connectivity index (χ4v) is 2.51. The van der Waals surface area contributed by atoms with Gasteiger partial charge in [-0.15, -0.1) is 0 Å². The summed E-state index contributed by atoms with van der Waals surface area (Å²) in [6.07, 6.45) is 0.770. The maximum atomic E-state index is 13.4. The van der Waals surface area contributed by atoms with Crippen molar-refractivity contribution in [2.75, 3.05) is 6.61 Å². The SMILES string of the molecule is NNC(c1cc(F)c(F)c(F)c1)c1ccc2c(c1)CCO2. The van der Waals surface area contributed by atoms with Gasteiger partial charge in [0.2, 0.25) is 0 Å². The van der Waals surface area contributed by atoms with Crippen molar-refractivity contribution < 1.29 is 17.9 Å². The molecule has 0 saturated heterocycles. The monoisotopic (exact) mass is 294 g/mol. The van der Waals surface area contributed by atoms with Crippen molar-refractivity contribution in [1.82, 2.24) is 5.43 Å². The molecule has 1 heterocycles. The van der Waals surface area contributed by atoms with Crippen molar-refractivity contribution in [3.8, 4) is 5.75 Å². The number of fused-ring (bicyclic) bond motifs is 1. The molecule has 1 atom stereocenters. The fourth-order valence-electron chi connectivity index (χ4n) is 2.51. The first-order valence-electron chi connectivity index (χ1n) is 6.46. The molecule has 110 valence electrons. The number of rotatable bonds is 3. The van der Waals surface area contributed by atoms with Crippen LogP contribution in [0.25, 0.3) is 0 Å². The molecular weight excluding hydrogens is 281 g/mol. The van der Waals surface area contributed by atoms with Crippen LogP contribution in [0.3, 0.4) is 0 Å². The third-order valence-corrected chi connectivity index (χ3v) is 3.55. The summed E-state index contributed by atoms with van der Waals surface area (Å²) in [5, 5.41) is 0. The number of nitrogens with two attached hydrogens (primary N) is 1. The van der Waals surface area contributed by atoms with Crippen LogP contribution in [0.15, 0.2) is 30.3 Å². The molecule has 6 heteroatoms. The molecule has 0 fully saturated rings. The Kier molecular flexibility index (Phi) is 3.57. The number of ether oxygens (including phenoxy) is 1. The molecule has 0 spiro atoms. The molecule has 2 aromatic carbocycles. The Morgan fingerprint density at radius 1 is 1.05 bits per heavy atom. The van der Waals surface area contributed by atoms with Crippen LogP contribution in [0.4, 0.5) is 13.2 Å². The summed E-state index contributed by atoms with van der Waals surface area (Å²) in [7, 11) is 0. The van der Waals surface area contributed by atoms with Crippen LogP contribution < -0.4 is 16.0 Å². The van der Waals surface area contributed by atoms with Gasteiger partial charge in [0.15, 0.2) is 17.5 Å². The molecule has 21 heavy (non-hydrogen) atoms. The molecule has 0 amide bonds. The first kappa shape index (κ1) is 13.9. The molecule has 3 N–H and O–H groups in total. The second-order valence-electron chi connectivity index (χ2n) is 4.86. The van der Waals surface area contributed by atoms with Crippen molar-refractivity contribution >= 4 is 0 Å². The van der Waals surface area contributed by atoms with E-state index in [0.717, 1.165) is 35.4 Å². The Hall–Kier alpha value is -2.05. The lowest BCUT2D eigenvalue weighted by atomic mass is 9.96. The summed E-state index contributed by atoms with van der Waals surface area (Å²) >= 11 is 0. The van der Waals surface area contributed by atoms with Gasteiger partial charge >= 0.3 is 0 Å². The van der Waals surface area contributed by atoms with Gasteiger partial charge in [-0.1, -0.05) is 12.1 Å². The number of halogens is 3. The van der Waals surface area contributed by atoms with Gasteiger partial charge < -0.3 is 4.74 Å². The van der Waals surface area contributed by atoms with Crippen LogP contribution in [-0.2, 0) is 6.42 Å². The Morgan fingerprint density at radius 3 is 2.43 bits per heavy atom. The quantitative estimate of drug-likeness (QED) is 0.519. The summed E-state index contributed by atoms with van der Waals surface area (Å²) in [4.78, 5) is 0. The highest BCUT2D eigenvalue weighted by atomic mass is 19.2. The molecule has 0 bridgehead atoms. The van der Waals surface area contributed by atoms with Gasteiger partial charge in [-0.3, -0.25) is 5.84 Å². The molecule has 1 unspecified atom stereocenters. The van der Waals surface area contributed by atoms with E-state index in [9.17, 15) is 13.2 Å². The number of benzene rings is 2. The summed E-state index contributed by atoms with van der Waals surface area (Å²) < 4.78 is 45.2. The van der Waals surface area contributed by atoms with E-state index < -0.39 is 23.5 Å². The van der Waals surface area contributed by atoms with Crippen molar-refractivity contribution in [3.63, 3.8) is 0 Å². The molecule has 2 aromatic rings. The van der Waals surface area contributed by atoms with Gasteiger partial charge in [-0.2, -0.15) is 0 Å². The van der Waals surface area contributed by atoms with Gasteiger partial charge in [-0.25, -0.2) is 18.6 Å². The average Bonchev–Trinajstić information content (AvgIpc) is 2.93. The third kappa shape index (κ3) is 2.48. The minimum absolute atomic E-state index is 0.216. The molecule has 3 nitrogen and oxygen atoms in total. The number of hydrogen-bond donors (Lipinski definition) is 2. The largest absolute Gasteiger partial charge is 0.493 e. The zero-order valence-corrected chi connectivity index (χ0v) is 11.0. The predicted octanol–water partition coefficient (Wildman–Crippen LogP) is 2.59. The summed E-state index contributed by atoms with van der Waals surface area (Å²) in [6, 6.07) is 6.65. The van der Waals surface area contributed by atoms with Crippen LogP contribution in [0, 0.1) is 17.5 Å². The van der Waals surface area contributed by atoms with Gasteiger partial charge in [0.25, 0.3) is 0 Å². The number of nitrogens with one attached hydrogen (secondary N) is 1. The lowest BCUT2D eigenvalue weighted by Gasteiger charge is -2.18. The van der Waals surface area contributed by atoms with Crippen molar-refractivity contribution in [3.05, 3.63) is 64.5 Å². The van der Waals surface area contributed by atoms with Crippen LogP contribution in [0.1, 0.15) is 22.7 Å². The van der Waals surface area contributed by atoms with Crippen molar-refractivity contribution in [1.29, 1.82) is 0 Å². The van der Waals surface area contributed by atoms with E-state index in [4.69, 9.17) is 10.6 Å². The van der Waals surface area contributed by atoms with Crippen LogP contribution >= 0.6 is 0 Å². The maximum absolute atomic E-state index is 13.4. The second-order valence-corrected chi connectivity index (χ2v) is 4.86. The Morgan fingerprint density at radius 2 is 1.76 bits per heavy atom. The second kappa shape index (κ2) is 5.38. The Balaban J connectivity index is 2.02. The van der Waals surface area contributed by atoms with Gasteiger partial charge in [0, 0.05) is 6.42 Å². The smallest absolute Gasteiger partial charge is 0.194 e. The average molecular weight is 294 g/mol. The number of hydrogen-bond acceptors (Lipinski definition) is 3. The zero-order chi connectivity index (χ0) is 15.0. The molecule has 0 saturated carbocycles. The highest BCUT2D eigenvalue weighted by Gasteiger charge is 2.20. The summed E-state index contributed by atoms with van der Waals surface area (Å²) in [6.45, 7) is 0.610. The predicted molar refractivity (Wildman–Crippen MR) is 71.1 cm³/mol.